The van der Waals surface area contributed by atoms with Crippen molar-refractivity contribution in [2.45, 2.75) is 59.2 Å². The van der Waals surface area contributed by atoms with Gasteiger partial charge in [0.05, 0.1) is 0 Å². The highest BCUT2D eigenvalue weighted by Gasteiger charge is 2.29. The van der Waals surface area contributed by atoms with Gasteiger partial charge in [-0.15, -0.1) is 0 Å². The molecule has 0 heterocycles. The van der Waals surface area contributed by atoms with Gasteiger partial charge in [-0.2, -0.15) is 0 Å². The van der Waals surface area contributed by atoms with Gasteiger partial charge in [-0.25, -0.2) is 4.79 Å². The number of rotatable bonds is 3. The fourth-order valence-corrected chi connectivity index (χ4v) is 1.21. The minimum atomic E-state index is -0.557. The van der Waals surface area contributed by atoms with Crippen molar-refractivity contribution in [3.63, 3.8) is 0 Å². The minimum Gasteiger partial charge on any atom is -0.444 e. The van der Waals surface area contributed by atoms with E-state index in [4.69, 9.17) is 4.74 Å². The van der Waals surface area contributed by atoms with E-state index in [2.05, 4.69) is 0 Å². The van der Waals surface area contributed by atoms with E-state index < -0.39 is 17.7 Å². The monoisotopic (exact) mass is 258 g/mol. The number of ether oxygens (including phenoxy) is 1. The molecule has 2 amide bonds. The van der Waals surface area contributed by atoms with Crippen LogP contribution in [0.4, 0.5) is 4.79 Å². The topological polar surface area (TPSA) is 49.9 Å². The van der Waals surface area contributed by atoms with Crippen LogP contribution in [0.25, 0.3) is 0 Å². The SMILES string of the molecule is CC(C)N(C)C(=O)C(C)N(C)C(=O)OC(C)(C)C. The van der Waals surface area contributed by atoms with Crippen molar-refractivity contribution < 1.29 is 14.3 Å². The lowest BCUT2D eigenvalue weighted by atomic mass is 10.2. The standard InChI is InChI=1S/C13H26N2O3/c1-9(2)14(7)11(16)10(3)15(8)12(17)18-13(4,5)6/h9-10H,1-8H3. The lowest BCUT2D eigenvalue weighted by Gasteiger charge is -2.31. The molecular weight excluding hydrogens is 232 g/mol. The minimum absolute atomic E-state index is 0.0987. The van der Waals surface area contributed by atoms with Crippen molar-refractivity contribution in [2.24, 2.45) is 0 Å². The van der Waals surface area contributed by atoms with Crippen molar-refractivity contribution in [3.8, 4) is 0 Å². The van der Waals surface area contributed by atoms with Crippen molar-refractivity contribution in [1.82, 2.24) is 9.80 Å². The molecule has 0 spiro atoms. The molecule has 0 saturated carbocycles. The van der Waals surface area contributed by atoms with Crippen molar-refractivity contribution in [3.05, 3.63) is 0 Å². The molecule has 0 N–H and O–H groups in total. The molecule has 0 aromatic heterocycles. The zero-order valence-corrected chi connectivity index (χ0v) is 12.8. The summed E-state index contributed by atoms with van der Waals surface area (Å²) >= 11 is 0. The highest BCUT2D eigenvalue weighted by Crippen LogP contribution is 2.12. The Labute approximate surface area is 110 Å². The summed E-state index contributed by atoms with van der Waals surface area (Å²) in [5, 5.41) is 0. The summed E-state index contributed by atoms with van der Waals surface area (Å²) in [5.41, 5.74) is -0.557. The third-order valence-electron chi connectivity index (χ3n) is 2.74. The predicted octanol–water partition coefficient (Wildman–Crippen LogP) is 2.11. The number of amides is 2. The zero-order chi connectivity index (χ0) is 14.7. The average Bonchev–Trinajstić information content (AvgIpc) is 2.22. The van der Waals surface area contributed by atoms with Crippen LogP contribution in [0.3, 0.4) is 0 Å². The van der Waals surface area contributed by atoms with E-state index in [9.17, 15) is 9.59 Å². The Hall–Kier alpha value is -1.26. The first-order valence-corrected chi connectivity index (χ1v) is 6.20. The molecule has 106 valence electrons. The van der Waals surface area contributed by atoms with Crippen molar-refractivity contribution in [2.75, 3.05) is 14.1 Å². The van der Waals surface area contributed by atoms with Crippen LogP contribution in [-0.2, 0) is 9.53 Å². The van der Waals surface area contributed by atoms with Crippen LogP contribution in [0.5, 0.6) is 0 Å². The molecule has 0 aromatic rings. The molecule has 0 rings (SSSR count). The second-order valence-electron chi connectivity index (χ2n) is 5.81. The number of nitrogens with zero attached hydrogens (tertiary/aromatic N) is 2. The summed E-state index contributed by atoms with van der Waals surface area (Å²) in [5.74, 6) is -0.0987. The second kappa shape index (κ2) is 6.07. The van der Waals surface area contributed by atoms with Crippen LogP contribution in [0.15, 0.2) is 0 Å². The van der Waals surface area contributed by atoms with Crippen LogP contribution >= 0.6 is 0 Å². The second-order valence-corrected chi connectivity index (χ2v) is 5.81. The molecule has 0 fully saturated rings. The highest BCUT2D eigenvalue weighted by atomic mass is 16.6. The number of hydrogen-bond acceptors (Lipinski definition) is 3. The molecule has 0 bridgehead atoms. The predicted molar refractivity (Wildman–Crippen MR) is 71.4 cm³/mol. The largest absolute Gasteiger partial charge is 0.444 e. The number of carbonyl (C=O) groups is 2. The van der Waals surface area contributed by atoms with E-state index in [1.54, 1.807) is 46.7 Å². The van der Waals surface area contributed by atoms with Gasteiger partial charge < -0.3 is 9.64 Å². The molecule has 5 heteroatoms. The molecule has 1 unspecified atom stereocenters. The van der Waals surface area contributed by atoms with E-state index >= 15 is 0 Å². The zero-order valence-electron chi connectivity index (χ0n) is 12.8. The summed E-state index contributed by atoms with van der Waals surface area (Å²) in [7, 11) is 3.30. The van der Waals surface area contributed by atoms with E-state index in [1.807, 2.05) is 13.8 Å². The Morgan fingerprint density at radius 3 is 1.78 bits per heavy atom. The molecule has 0 radical (unpaired) electrons. The molecule has 1 atom stereocenters. The van der Waals surface area contributed by atoms with Gasteiger partial charge in [0.2, 0.25) is 5.91 Å². The normalized spacial score (nSPS) is 13.2. The number of hydrogen-bond donors (Lipinski definition) is 0. The molecular formula is C13H26N2O3. The van der Waals surface area contributed by atoms with Gasteiger partial charge in [-0.05, 0) is 41.5 Å². The Balaban J connectivity index is 4.64. The van der Waals surface area contributed by atoms with Gasteiger partial charge in [0.25, 0.3) is 0 Å². The molecule has 0 aromatic carbocycles. The summed E-state index contributed by atoms with van der Waals surface area (Å²) in [6.45, 7) is 10.9. The van der Waals surface area contributed by atoms with E-state index in [-0.39, 0.29) is 11.9 Å². The van der Waals surface area contributed by atoms with Crippen molar-refractivity contribution in [1.29, 1.82) is 0 Å². The molecule has 0 aliphatic heterocycles. The maximum absolute atomic E-state index is 12.1. The van der Waals surface area contributed by atoms with Crippen LogP contribution < -0.4 is 0 Å². The Kier molecular flexibility index (Phi) is 5.64. The van der Waals surface area contributed by atoms with E-state index in [1.165, 1.54) is 4.90 Å². The molecule has 18 heavy (non-hydrogen) atoms. The van der Waals surface area contributed by atoms with Crippen molar-refractivity contribution >= 4 is 12.0 Å². The summed E-state index contributed by atoms with van der Waals surface area (Å²) < 4.78 is 5.23. The van der Waals surface area contributed by atoms with Crippen LogP contribution in [0.1, 0.15) is 41.5 Å². The van der Waals surface area contributed by atoms with Gasteiger partial charge in [0.15, 0.2) is 0 Å². The lowest BCUT2D eigenvalue weighted by molar-refractivity contribution is -0.136. The third-order valence-corrected chi connectivity index (χ3v) is 2.74. The first kappa shape index (κ1) is 16.7. The summed E-state index contributed by atoms with van der Waals surface area (Å²) in [4.78, 5) is 26.8. The third kappa shape index (κ3) is 4.94. The van der Waals surface area contributed by atoms with Gasteiger partial charge in [-0.1, -0.05) is 0 Å². The molecule has 0 saturated heterocycles. The first-order chi connectivity index (χ1) is 7.97. The van der Waals surface area contributed by atoms with Crippen LogP contribution in [0, 0.1) is 0 Å². The maximum atomic E-state index is 12.1. The first-order valence-electron chi connectivity index (χ1n) is 6.20. The Morgan fingerprint density at radius 1 is 1.00 bits per heavy atom. The van der Waals surface area contributed by atoms with Gasteiger partial charge >= 0.3 is 6.09 Å². The fraction of sp³-hybridized carbons (Fsp3) is 0.846. The van der Waals surface area contributed by atoms with Crippen LogP contribution in [0.2, 0.25) is 0 Å². The Bertz CT molecular complexity index is 308. The smallest absolute Gasteiger partial charge is 0.410 e. The lowest BCUT2D eigenvalue weighted by Crippen LogP contribution is -2.49. The van der Waals surface area contributed by atoms with Gasteiger partial charge in [0, 0.05) is 20.1 Å². The van der Waals surface area contributed by atoms with Gasteiger partial charge in [0.1, 0.15) is 11.6 Å². The summed E-state index contributed by atoms with van der Waals surface area (Å²) in [6.07, 6.45) is -0.486. The molecule has 0 aliphatic rings. The van der Waals surface area contributed by atoms with E-state index in [0.29, 0.717) is 0 Å². The summed E-state index contributed by atoms with van der Waals surface area (Å²) in [6, 6.07) is -0.431. The highest BCUT2D eigenvalue weighted by molar-refractivity contribution is 5.85. The number of carbonyl (C=O) groups excluding carboxylic acids is 2. The van der Waals surface area contributed by atoms with E-state index in [0.717, 1.165) is 0 Å². The Morgan fingerprint density at radius 2 is 1.44 bits per heavy atom. The quantitative estimate of drug-likeness (QED) is 0.779. The molecule has 0 aliphatic carbocycles. The average molecular weight is 258 g/mol. The number of likely N-dealkylation sites (N-methyl/N-ethyl adjacent to an activating group) is 2. The maximum Gasteiger partial charge on any atom is 0.410 e. The van der Waals surface area contributed by atoms with Crippen LogP contribution in [-0.4, -0.2) is 53.6 Å². The van der Waals surface area contributed by atoms with Gasteiger partial charge in [-0.3, -0.25) is 9.69 Å². The fourth-order valence-electron chi connectivity index (χ4n) is 1.21. The molecule has 5 nitrogen and oxygen atoms in total.